The van der Waals surface area contributed by atoms with Crippen molar-refractivity contribution in [3.63, 3.8) is 0 Å². The number of methoxy groups -OCH3 is 1. The summed E-state index contributed by atoms with van der Waals surface area (Å²) >= 11 is 0. The van der Waals surface area contributed by atoms with E-state index >= 15 is 0 Å². The molecule has 8 atom stereocenters. The Labute approximate surface area is 173 Å². The molecule has 6 nitrogen and oxygen atoms in total. The predicted octanol–water partition coefficient (Wildman–Crippen LogP) is 3.22. The van der Waals surface area contributed by atoms with Gasteiger partial charge in [-0.3, -0.25) is 4.79 Å². The molecule has 0 aromatic heterocycles. The van der Waals surface area contributed by atoms with Crippen LogP contribution >= 0.6 is 0 Å². The van der Waals surface area contributed by atoms with E-state index in [-0.39, 0.29) is 29.8 Å². The Morgan fingerprint density at radius 2 is 2.00 bits per heavy atom. The summed E-state index contributed by atoms with van der Waals surface area (Å²) in [6.07, 6.45) is 4.79. The van der Waals surface area contributed by atoms with Crippen molar-refractivity contribution in [3.05, 3.63) is 11.6 Å². The maximum absolute atomic E-state index is 12.9. The summed E-state index contributed by atoms with van der Waals surface area (Å²) in [5.41, 5.74) is -0.856. The fourth-order valence-corrected chi connectivity index (χ4v) is 7.31. The lowest BCUT2D eigenvalue weighted by molar-refractivity contribution is -0.418. The Balaban J connectivity index is 1.96. The number of rotatable bonds is 3. The smallest absolute Gasteiger partial charge is 0.334 e. The lowest BCUT2D eigenvalue weighted by Crippen LogP contribution is -2.78. The van der Waals surface area contributed by atoms with Crippen LogP contribution in [0.25, 0.3) is 0 Å². The van der Waals surface area contributed by atoms with Gasteiger partial charge < -0.3 is 19.3 Å². The van der Waals surface area contributed by atoms with Crippen LogP contribution in [-0.4, -0.2) is 41.6 Å². The quantitative estimate of drug-likeness (QED) is 0.725. The van der Waals surface area contributed by atoms with Crippen LogP contribution in [-0.2, 0) is 23.8 Å². The zero-order chi connectivity index (χ0) is 21.4. The summed E-state index contributed by atoms with van der Waals surface area (Å²) in [5, 5.41) is 12.1. The van der Waals surface area contributed by atoms with Crippen molar-refractivity contribution in [1.82, 2.24) is 0 Å². The van der Waals surface area contributed by atoms with Gasteiger partial charge in [-0.1, -0.05) is 34.1 Å². The molecule has 5 rings (SSSR count). The Bertz CT molecular complexity index is 758. The number of hydrogen-bond acceptors (Lipinski definition) is 6. The maximum Gasteiger partial charge on any atom is 0.334 e. The van der Waals surface area contributed by atoms with Crippen molar-refractivity contribution >= 4 is 11.9 Å². The van der Waals surface area contributed by atoms with Crippen LogP contribution in [0.5, 0.6) is 0 Å². The predicted molar refractivity (Wildman–Crippen MR) is 105 cm³/mol. The van der Waals surface area contributed by atoms with Gasteiger partial charge in [0, 0.05) is 29.7 Å². The van der Waals surface area contributed by atoms with Crippen LogP contribution in [0.1, 0.15) is 60.3 Å². The van der Waals surface area contributed by atoms with E-state index in [0.717, 1.165) is 19.3 Å². The van der Waals surface area contributed by atoms with E-state index in [2.05, 4.69) is 13.8 Å². The summed E-state index contributed by atoms with van der Waals surface area (Å²) in [6, 6.07) is 0. The molecule has 1 saturated heterocycles. The molecule has 3 aliphatic carbocycles. The van der Waals surface area contributed by atoms with Gasteiger partial charge in [0.05, 0.1) is 18.6 Å². The van der Waals surface area contributed by atoms with Crippen LogP contribution in [0.2, 0.25) is 0 Å². The monoisotopic (exact) mass is 406 g/mol. The van der Waals surface area contributed by atoms with Gasteiger partial charge in [-0.05, 0) is 37.2 Å². The van der Waals surface area contributed by atoms with Crippen molar-refractivity contribution in [3.8, 4) is 0 Å². The van der Waals surface area contributed by atoms with Crippen molar-refractivity contribution in [2.24, 2.45) is 35.0 Å². The van der Waals surface area contributed by atoms with Crippen LogP contribution < -0.4 is 0 Å². The third-order valence-corrected chi connectivity index (χ3v) is 8.28. The van der Waals surface area contributed by atoms with Crippen molar-refractivity contribution < 1.29 is 28.9 Å². The summed E-state index contributed by atoms with van der Waals surface area (Å²) in [7, 11) is 1.37. The fourth-order valence-electron chi connectivity index (χ4n) is 7.31. The van der Waals surface area contributed by atoms with Gasteiger partial charge in [0.2, 0.25) is 0 Å². The highest BCUT2D eigenvalue weighted by molar-refractivity contribution is 5.90. The van der Waals surface area contributed by atoms with Crippen molar-refractivity contribution in [2.75, 3.05) is 7.11 Å². The van der Waals surface area contributed by atoms with Crippen LogP contribution in [0.4, 0.5) is 0 Å². The number of carbonyl (C=O) groups excluding carboxylic acids is 2. The van der Waals surface area contributed by atoms with E-state index in [1.807, 2.05) is 19.9 Å². The first-order valence-corrected chi connectivity index (χ1v) is 10.9. The Morgan fingerprint density at radius 1 is 1.31 bits per heavy atom. The van der Waals surface area contributed by atoms with E-state index in [4.69, 9.17) is 14.2 Å². The van der Waals surface area contributed by atoms with Gasteiger partial charge in [0.25, 0.3) is 0 Å². The van der Waals surface area contributed by atoms with Gasteiger partial charge in [0.1, 0.15) is 6.10 Å². The highest BCUT2D eigenvalue weighted by Crippen LogP contribution is 2.71. The summed E-state index contributed by atoms with van der Waals surface area (Å²) in [5.74, 6) is -2.50. The molecule has 1 unspecified atom stereocenters. The first-order chi connectivity index (χ1) is 13.5. The summed E-state index contributed by atoms with van der Waals surface area (Å²) in [4.78, 5) is 24.9. The standard InChI is InChI=1S/C23H34O6/c1-12(2)16-9-18(28-14(4)24)21(5)17-8-7-13(3)10-22(17)11-15(20(25)27-6)19(21)23(16,26)29-22/h11-13,16-19,26H,7-10H2,1-6H3/t13-,16-,17+,18?,19-,21-,22+,23+/m0/s1. The maximum atomic E-state index is 12.9. The second kappa shape index (κ2) is 6.55. The van der Waals surface area contributed by atoms with Gasteiger partial charge in [0.15, 0.2) is 5.79 Å². The second-order valence-electron chi connectivity index (χ2n) is 10.3. The third kappa shape index (κ3) is 2.67. The number of aliphatic hydroxyl groups is 1. The molecule has 0 aromatic rings. The SMILES string of the molecule is COC(=O)C1=C[C@]23C[C@@H](C)CC[C@@H]2[C@@]2(C)C(OC(C)=O)C[C@@H](C(C)C)[C@@](O)(O3)[C@@H]12. The largest absolute Gasteiger partial charge is 0.466 e. The molecule has 162 valence electrons. The van der Waals surface area contributed by atoms with Crippen LogP contribution in [0.15, 0.2) is 11.6 Å². The molecule has 4 bridgehead atoms. The molecule has 29 heavy (non-hydrogen) atoms. The Kier molecular flexibility index (Phi) is 4.71. The first kappa shape index (κ1) is 20.9. The number of hydrogen-bond donors (Lipinski definition) is 1. The van der Waals surface area contributed by atoms with Crippen molar-refractivity contribution in [2.45, 2.75) is 77.8 Å². The molecule has 2 aliphatic heterocycles. The average Bonchev–Trinajstić information content (AvgIpc) is 2.61. The lowest BCUT2D eigenvalue weighted by Gasteiger charge is -2.72. The molecule has 5 aliphatic rings. The minimum atomic E-state index is -1.48. The Hall–Kier alpha value is -1.40. The fraction of sp³-hybridized carbons (Fsp3) is 0.826. The molecule has 1 spiro atoms. The molecular formula is C23H34O6. The zero-order valence-electron chi connectivity index (χ0n) is 18.4. The van der Waals surface area contributed by atoms with Crippen LogP contribution in [0, 0.1) is 35.0 Å². The molecule has 0 amide bonds. The van der Waals surface area contributed by atoms with Gasteiger partial charge in [-0.15, -0.1) is 0 Å². The van der Waals surface area contributed by atoms with E-state index < -0.39 is 28.7 Å². The third-order valence-electron chi connectivity index (χ3n) is 8.28. The molecule has 1 N–H and O–H groups in total. The molecule has 6 heteroatoms. The van der Waals surface area contributed by atoms with Gasteiger partial charge in [-0.2, -0.15) is 0 Å². The van der Waals surface area contributed by atoms with Crippen LogP contribution in [0.3, 0.4) is 0 Å². The lowest BCUT2D eigenvalue weighted by atomic mass is 9.41. The molecule has 2 saturated carbocycles. The molecule has 2 heterocycles. The summed E-state index contributed by atoms with van der Waals surface area (Å²) < 4.78 is 17.7. The highest BCUT2D eigenvalue weighted by atomic mass is 16.6. The van der Waals surface area contributed by atoms with E-state index in [1.54, 1.807) is 0 Å². The average molecular weight is 407 g/mol. The normalized spacial score (nSPS) is 48.0. The van der Waals surface area contributed by atoms with E-state index in [1.165, 1.54) is 14.0 Å². The van der Waals surface area contributed by atoms with E-state index in [9.17, 15) is 14.7 Å². The zero-order valence-corrected chi connectivity index (χ0v) is 18.4. The summed E-state index contributed by atoms with van der Waals surface area (Å²) in [6.45, 7) is 9.79. The Morgan fingerprint density at radius 3 is 2.59 bits per heavy atom. The van der Waals surface area contributed by atoms with Gasteiger partial charge >= 0.3 is 11.9 Å². The van der Waals surface area contributed by atoms with Crippen molar-refractivity contribution in [1.29, 1.82) is 0 Å². The minimum Gasteiger partial charge on any atom is -0.466 e. The minimum absolute atomic E-state index is 0.0716. The molecular weight excluding hydrogens is 372 g/mol. The van der Waals surface area contributed by atoms with Gasteiger partial charge in [-0.25, -0.2) is 4.79 Å². The molecule has 0 radical (unpaired) electrons. The topological polar surface area (TPSA) is 82.1 Å². The number of carbonyl (C=O) groups is 2. The number of ether oxygens (including phenoxy) is 3. The second-order valence-corrected chi connectivity index (χ2v) is 10.3. The number of esters is 2. The highest BCUT2D eigenvalue weighted by Gasteiger charge is 2.77. The first-order valence-electron chi connectivity index (χ1n) is 10.9. The van der Waals surface area contributed by atoms with E-state index in [0.29, 0.717) is 17.9 Å². The molecule has 3 fully saturated rings. The molecule has 0 aromatic carbocycles.